The van der Waals surface area contributed by atoms with E-state index in [-0.39, 0.29) is 18.4 Å². The molecule has 20 heavy (non-hydrogen) atoms. The summed E-state index contributed by atoms with van der Waals surface area (Å²) in [5.74, 6) is -1.71. The quantitative estimate of drug-likeness (QED) is 0.555. The molecule has 0 atom stereocenters. The molecular weight excluding hydrogens is 284 g/mol. The van der Waals surface area contributed by atoms with Gasteiger partial charge in [-0.3, -0.25) is 4.79 Å². The number of nitrogens with one attached hydrogen (secondary N) is 1. The van der Waals surface area contributed by atoms with E-state index in [9.17, 15) is 18.0 Å². The van der Waals surface area contributed by atoms with Gasteiger partial charge >= 0.3 is 16.1 Å². The van der Waals surface area contributed by atoms with Gasteiger partial charge in [0.1, 0.15) is 5.75 Å². The van der Waals surface area contributed by atoms with Crippen molar-refractivity contribution in [2.24, 2.45) is 11.7 Å². The Morgan fingerprint density at radius 3 is 2.20 bits per heavy atom. The van der Waals surface area contributed by atoms with Crippen LogP contribution in [0, 0.1) is 5.92 Å². The molecule has 1 amide bonds. The summed E-state index contributed by atoms with van der Waals surface area (Å²) in [5, 5.41) is 2.56. The standard InChI is InChI=1S/C12H24N2O5S/c1-3-5-10(6-4-2)12(16)14-7-8-20(17,18)19-11(15)9-13/h10H,3-9,13H2,1-2H3,(H,14,16). The van der Waals surface area contributed by atoms with E-state index in [1.165, 1.54) is 0 Å². The van der Waals surface area contributed by atoms with Gasteiger partial charge in [-0.05, 0) is 12.8 Å². The van der Waals surface area contributed by atoms with Crippen LogP contribution in [0.5, 0.6) is 0 Å². The Bertz CT molecular complexity index is 402. The van der Waals surface area contributed by atoms with Crippen molar-refractivity contribution >= 4 is 22.0 Å². The van der Waals surface area contributed by atoms with E-state index in [1.807, 2.05) is 13.8 Å². The third-order valence-electron chi connectivity index (χ3n) is 2.68. The van der Waals surface area contributed by atoms with Gasteiger partial charge in [0.15, 0.2) is 0 Å². The maximum Gasteiger partial charge on any atom is 0.335 e. The highest BCUT2D eigenvalue weighted by Gasteiger charge is 2.19. The minimum atomic E-state index is -3.98. The zero-order valence-electron chi connectivity index (χ0n) is 12.1. The van der Waals surface area contributed by atoms with Gasteiger partial charge in [0.2, 0.25) is 5.91 Å². The monoisotopic (exact) mass is 308 g/mol. The van der Waals surface area contributed by atoms with Gasteiger partial charge in [-0.1, -0.05) is 26.7 Å². The third-order valence-corrected chi connectivity index (χ3v) is 3.83. The summed E-state index contributed by atoms with van der Waals surface area (Å²) in [6, 6.07) is 0. The molecule has 0 saturated heterocycles. The van der Waals surface area contributed by atoms with Gasteiger partial charge in [-0.25, -0.2) is 4.79 Å². The molecule has 0 radical (unpaired) electrons. The Morgan fingerprint density at radius 1 is 1.20 bits per heavy atom. The van der Waals surface area contributed by atoms with Gasteiger partial charge in [-0.15, -0.1) is 0 Å². The summed E-state index contributed by atoms with van der Waals surface area (Å²) in [7, 11) is -3.98. The molecule has 0 fully saturated rings. The van der Waals surface area contributed by atoms with Crippen molar-refractivity contribution in [3.8, 4) is 0 Å². The molecule has 0 aliphatic carbocycles. The minimum absolute atomic E-state index is 0.0804. The van der Waals surface area contributed by atoms with Crippen LogP contribution >= 0.6 is 0 Å². The minimum Gasteiger partial charge on any atom is -0.355 e. The normalized spacial score (nSPS) is 11.4. The zero-order chi connectivity index (χ0) is 15.6. The number of amides is 1. The van der Waals surface area contributed by atoms with Gasteiger partial charge < -0.3 is 15.2 Å². The van der Waals surface area contributed by atoms with Crippen molar-refractivity contribution in [1.82, 2.24) is 5.32 Å². The predicted molar refractivity (Wildman–Crippen MR) is 75.2 cm³/mol. The van der Waals surface area contributed by atoms with E-state index in [0.717, 1.165) is 25.7 Å². The first-order chi connectivity index (χ1) is 9.36. The fourth-order valence-corrected chi connectivity index (χ4v) is 2.55. The van der Waals surface area contributed by atoms with E-state index < -0.39 is 28.4 Å². The predicted octanol–water partition coefficient (Wildman–Crippen LogP) is 0.151. The van der Waals surface area contributed by atoms with Crippen LogP contribution in [0.2, 0.25) is 0 Å². The lowest BCUT2D eigenvalue weighted by Crippen LogP contribution is -2.35. The summed E-state index contributed by atoms with van der Waals surface area (Å²) in [6.45, 7) is 3.41. The molecule has 8 heteroatoms. The van der Waals surface area contributed by atoms with Crippen molar-refractivity contribution in [3.05, 3.63) is 0 Å². The Balaban J connectivity index is 4.21. The summed E-state index contributed by atoms with van der Waals surface area (Å²) in [5.41, 5.74) is 4.95. The first-order valence-corrected chi connectivity index (χ1v) is 8.36. The van der Waals surface area contributed by atoms with E-state index in [1.54, 1.807) is 0 Å². The van der Waals surface area contributed by atoms with Crippen LogP contribution in [-0.4, -0.2) is 39.1 Å². The van der Waals surface area contributed by atoms with Gasteiger partial charge in [0.25, 0.3) is 0 Å². The van der Waals surface area contributed by atoms with Gasteiger partial charge in [0.05, 0.1) is 6.54 Å². The number of rotatable bonds is 10. The number of hydrogen-bond acceptors (Lipinski definition) is 6. The van der Waals surface area contributed by atoms with Crippen LogP contribution in [0.15, 0.2) is 0 Å². The first kappa shape index (κ1) is 18.9. The molecule has 0 aromatic heterocycles. The van der Waals surface area contributed by atoms with Crippen LogP contribution in [0.1, 0.15) is 39.5 Å². The lowest BCUT2D eigenvalue weighted by atomic mass is 9.97. The smallest absolute Gasteiger partial charge is 0.335 e. The van der Waals surface area contributed by atoms with Crippen molar-refractivity contribution in [2.45, 2.75) is 39.5 Å². The van der Waals surface area contributed by atoms with Gasteiger partial charge in [-0.2, -0.15) is 8.42 Å². The molecule has 0 rings (SSSR count). The number of hydrogen-bond donors (Lipinski definition) is 2. The van der Waals surface area contributed by atoms with Crippen LogP contribution in [0.3, 0.4) is 0 Å². The molecule has 0 saturated carbocycles. The van der Waals surface area contributed by atoms with Crippen LogP contribution in [0.25, 0.3) is 0 Å². The average Bonchev–Trinajstić information content (AvgIpc) is 2.37. The Kier molecular flexibility index (Phi) is 9.15. The average molecular weight is 308 g/mol. The highest BCUT2D eigenvalue weighted by molar-refractivity contribution is 7.87. The van der Waals surface area contributed by atoms with Crippen molar-refractivity contribution in [2.75, 3.05) is 18.8 Å². The van der Waals surface area contributed by atoms with E-state index in [4.69, 9.17) is 5.73 Å². The SMILES string of the molecule is CCCC(CCC)C(=O)NCCS(=O)(=O)OC(=O)CN. The van der Waals surface area contributed by atoms with Crippen molar-refractivity contribution in [1.29, 1.82) is 0 Å². The van der Waals surface area contributed by atoms with E-state index >= 15 is 0 Å². The van der Waals surface area contributed by atoms with Crippen LogP contribution < -0.4 is 11.1 Å². The highest BCUT2D eigenvalue weighted by atomic mass is 32.2. The fourth-order valence-electron chi connectivity index (χ4n) is 1.76. The number of nitrogens with two attached hydrogens (primary N) is 1. The Morgan fingerprint density at radius 2 is 1.75 bits per heavy atom. The third kappa shape index (κ3) is 8.11. The Hall–Kier alpha value is -1.15. The Labute approximate surface area is 120 Å². The van der Waals surface area contributed by atoms with Crippen molar-refractivity contribution in [3.63, 3.8) is 0 Å². The van der Waals surface area contributed by atoms with E-state index in [0.29, 0.717) is 0 Å². The van der Waals surface area contributed by atoms with Crippen molar-refractivity contribution < 1.29 is 22.2 Å². The van der Waals surface area contributed by atoms with Gasteiger partial charge in [0, 0.05) is 12.5 Å². The highest BCUT2D eigenvalue weighted by Crippen LogP contribution is 2.13. The molecule has 3 N–H and O–H groups in total. The number of carbonyl (C=O) groups excluding carboxylic acids is 2. The molecule has 118 valence electrons. The van der Waals surface area contributed by atoms with Crippen LogP contribution in [0.4, 0.5) is 0 Å². The second kappa shape index (κ2) is 9.71. The maximum atomic E-state index is 11.9. The number of carbonyl (C=O) groups is 2. The molecule has 0 heterocycles. The fraction of sp³-hybridized carbons (Fsp3) is 0.833. The summed E-state index contributed by atoms with van der Waals surface area (Å²) < 4.78 is 26.9. The maximum absolute atomic E-state index is 11.9. The molecule has 0 aliphatic heterocycles. The van der Waals surface area contributed by atoms with Crippen LogP contribution in [-0.2, 0) is 23.9 Å². The molecule has 0 spiro atoms. The second-order valence-electron chi connectivity index (χ2n) is 4.49. The topological polar surface area (TPSA) is 116 Å². The molecular formula is C12H24N2O5S. The molecule has 7 nitrogen and oxygen atoms in total. The largest absolute Gasteiger partial charge is 0.355 e. The zero-order valence-corrected chi connectivity index (χ0v) is 12.9. The first-order valence-electron chi connectivity index (χ1n) is 6.79. The lowest BCUT2D eigenvalue weighted by Gasteiger charge is -2.15. The summed E-state index contributed by atoms with van der Waals surface area (Å²) in [6.07, 6.45) is 3.33. The molecule has 0 unspecified atom stereocenters. The summed E-state index contributed by atoms with van der Waals surface area (Å²) >= 11 is 0. The summed E-state index contributed by atoms with van der Waals surface area (Å²) in [4.78, 5) is 22.6. The molecule has 0 bridgehead atoms. The molecule has 0 aliphatic rings. The van der Waals surface area contributed by atoms with E-state index in [2.05, 4.69) is 9.50 Å². The molecule has 0 aromatic carbocycles. The lowest BCUT2D eigenvalue weighted by molar-refractivity contribution is -0.132. The molecule has 0 aromatic rings. The second-order valence-corrected chi connectivity index (χ2v) is 6.18.